The van der Waals surface area contributed by atoms with E-state index in [0.29, 0.717) is 0 Å². The van der Waals surface area contributed by atoms with E-state index >= 15 is 0 Å². The summed E-state index contributed by atoms with van der Waals surface area (Å²) in [6.45, 7) is 7.96. The van der Waals surface area contributed by atoms with Gasteiger partial charge < -0.3 is 9.88 Å². The van der Waals surface area contributed by atoms with Gasteiger partial charge in [-0.1, -0.05) is 30.3 Å². The minimum Gasteiger partial charge on any atom is -0.382 e. The molecule has 1 aromatic carbocycles. The van der Waals surface area contributed by atoms with Crippen LogP contribution < -0.4 is 5.32 Å². The van der Waals surface area contributed by atoms with Crippen LogP contribution in [0.3, 0.4) is 0 Å². The molecule has 0 atom stereocenters. The predicted molar refractivity (Wildman–Crippen MR) is 97.7 cm³/mol. The Morgan fingerprint density at radius 3 is 2.54 bits per heavy atom. The molecule has 0 aliphatic heterocycles. The highest BCUT2D eigenvalue weighted by molar-refractivity contribution is 5.88. The number of nitrogens with one attached hydrogen (secondary N) is 1. The van der Waals surface area contributed by atoms with Crippen molar-refractivity contribution in [1.29, 1.82) is 0 Å². The van der Waals surface area contributed by atoms with E-state index in [2.05, 4.69) is 80.8 Å². The van der Waals surface area contributed by atoms with Crippen LogP contribution in [0.5, 0.6) is 0 Å². The van der Waals surface area contributed by atoms with Crippen LogP contribution in [0.15, 0.2) is 42.5 Å². The second kappa shape index (κ2) is 5.67. The van der Waals surface area contributed by atoms with Gasteiger partial charge in [-0.05, 0) is 38.5 Å². The number of rotatable bonds is 4. The van der Waals surface area contributed by atoms with Crippen molar-refractivity contribution < 1.29 is 0 Å². The summed E-state index contributed by atoms with van der Waals surface area (Å²) in [5, 5.41) is 12.0. The van der Waals surface area contributed by atoms with E-state index in [1.807, 2.05) is 6.92 Å². The first-order valence-corrected chi connectivity index (χ1v) is 8.31. The number of anilines is 1. The SMILES string of the molecule is CCNc1cc2c(cc(C)n2Cc2ccccc2)n2c(C)nnc12. The average Bonchev–Trinajstić information content (AvgIpc) is 3.11. The van der Waals surface area contributed by atoms with E-state index < -0.39 is 0 Å². The molecule has 0 fully saturated rings. The topological polar surface area (TPSA) is 47.2 Å². The number of hydrogen-bond donors (Lipinski definition) is 1. The number of fused-ring (bicyclic) bond motifs is 3. The number of aromatic nitrogens is 4. The molecule has 122 valence electrons. The van der Waals surface area contributed by atoms with Crippen LogP contribution in [-0.2, 0) is 6.54 Å². The molecular weight excluding hydrogens is 298 g/mol. The number of pyridine rings is 1. The Morgan fingerprint density at radius 2 is 1.79 bits per heavy atom. The normalized spacial score (nSPS) is 11.5. The molecule has 3 heterocycles. The van der Waals surface area contributed by atoms with Crippen LogP contribution in [0.4, 0.5) is 5.69 Å². The van der Waals surface area contributed by atoms with E-state index in [1.165, 1.54) is 16.8 Å². The average molecular weight is 319 g/mol. The molecule has 0 spiro atoms. The van der Waals surface area contributed by atoms with Gasteiger partial charge in [-0.2, -0.15) is 0 Å². The van der Waals surface area contributed by atoms with E-state index in [9.17, 15) is 0 Å². The Bertz CT molecular complexity index is 1010. The van der Waals surface area contributed by atoms with Crippen molar-refractivity contribution in [3.63, 3.8) is 0 Å². The van der Waals surface area contributed by atoms with Gasteiger partial charge in [-0.25, -0.2) is 0 Å². The minimum atomic E-state index is 0.853. The first-order chi connectivity index (χ1) is 11.7. The van der Waals surface area contributed by atoms with Crippen molar-refractivity contribution in [2.45, 2.75) is 27.3 Å². The van der Waals surface area contributed by atoms with Crippen molar-refractivity contribution in [2.24, 2.45) is 0 Å². The Morgan fingerprint density at radius 1 is 1.00 bits per heavy atom. The highest BCUT2D eigenvalue weighted by Gasteiger charge is 2.15. The molecule has 5 heteroatoms. The Labute approximate surface area is 140 Å². The van der Waals surface area contributed by atoms with Crippen LogP contribution >= 0.6 is 0 Å². The van der Waals surface area contributed by atoms with Crippen LogP contribution in [0.2, 0.25) is 0 Å². The fourth-order valence-electron chi connectivity index (χ4n) is 3.33. The molecule has 0 aliphatic rings. The van der Waals surface area contributed by atoms with Crippen molar-refractivity contribution in [2.75, 3.05) is 11.9 Å². The summed E-state index contributed by atoms with van der Waals surface area (Å²) in [7, 11) is 0. The largest absolute Gasteiger partial charge is 0.382 e. The Hall–Kier alpha value is -2.82. The first kappa shape index (κ1) is 14.8. The van der Waals surface area contributed by atoms with E-state index in [-0.39, 0.29) is 0 Å². The van der Waals surface area contributed by atoms with Gasteiger partial charge in [0.15, 0.2) is 5.65 Å². The molecule has 0 aliphatic carbocycles. The third-order valence-electron chi connectivity index (χ3n) is 4.46. The van der Waals surface area contributed by atoms with Gasteiger partial charge in [0.25, 0.3) is 0 Å². The van der Waals surface area contributed by atoms with E-state index in [4.69, 9.17) is 0 Å². The maximum Gasteiger partial charge on any atom is 0.184 e. The minimum absolute atomic E-state index is 0.853. The highest BCUT2D eigenvalue weighted by Crippen LogP contribution is 2.28. The van der Waals surface area contributed by atoms with Crippen LogP contribution in [0.25, 0.3) is 16.7 Å². The smallest absolute Gasteiger partial charge is 0.184 e. The molecule has 0 amide bonds. The first-order valence-electron chi connectivity index (χ1n) is 8.31. The molecule has 1 N–H and O–H groups in total. The lowest BCUT2D eigenvalue weighted by Crippen LogP contribution is -2.04. The molecule has 0 saturated carbocycles. The maximum absolute atomic E-state index is 4.35. The summed E-state index contributed by atoms with van der Waals surface area (Å²) in [4.78, 5) is 0. The number of benzene rings is 1. The molecule has 0 saturated heterocycles. The molecular formula is C19H21N5. The molecule has 4 rings (SSSR count). The van der Waals surface area contributed by atoms with E-state index in [0.717, 1.165) is 35.8 Å². The predicted octanol–water partition coefficient (Wildman–Crippen LogP) is 3.78. The summed E-state index contributed by atoms with van der Waals surface area (Å²) in [6, 6.07) is 15.0. The molecule has 0 radical (unpaired) electrons. The monoisotopic (exact) mass is 319 g/mol. The quantitative estimate of drug-likeness (QED) is 0.623. The molecule has 0 unspecified atom stereocenters. The van der Waals surface area contributed by atoms with Gasteiger partial charge in [0.1, 0.15) is 5.82 Å². The van der Waals surface area contributed by atoms with Crippen LogP contribution in [0, 0.1) is 13.8 Å². The summed E-state index contributed by atoms with van der Waals surface area (Å²) < 4.78 is 4.49. The summed E-state index contributed by atoms with van der Waals surface area (Å²) in [5.74, 6) is 0.909. The Kier molecular flexibility index (Phi) is 3.49. The number of aryl methyl sites for hydroxylation is 2. The van der Waals surface area contributed by atoms with Gasteiger partial charge in [-0.15, -0.1) is 10.2 Å². The third-order valence-corrected chi connectivity index (χ3v) is 4.46. The summed E-state index contributed by atoms with van der Waals surface area (Å²) in [5.41, 5.74) is 6.79. The molecule has 5 nitrogen and oxygen atoms in total. The number of hydrogen-bond acceptors (Lipinski definition) is 3. The van der Waals surface area contributed by atoms with Crippen molar-refractivity contribution in [3.8, 4) is 0 Å². The Balaban J connectivity index is 1.98. The summed E-state index contributed by atoms with van der Waals surface area (Å²) >= 11 is 0. The second-order valence-electron chi connectivity index (χ2n) is 6.12. The van der Waals surface area contributed by atoms with Crippen molar-refractivity contribution in [1.82, 2.24) is 19.2 Å². The van der Waals surface area contributed by atoms with Crippen LogP contribution in [-0.4, -0.2) is 25.7 Å². The van der Waals surface area contributed by atoms with Crippen molar-refractivity contribution in [3.05, 3.63) is 59.5 Å². The van der Waals surface area contributed by atoms with E-state index in [1.54, 1.807) is 0 Å². The van der Waals surface area contributed by atoms with Gasteiger partial charge in [0, 0.05) is 18.8 Å². The lowest BCUT2D eigenvalue weighted by atomic mass is 10.2. The summed E-state index contributed by atoms with van der Waals surface area (Å²) in [6.07, 6.45) is 0. The zero-order chi connectivity index (χ0) is 16.7. The van der Waals surface area contributed by atoms with Gasteiger partial charge >= 0.3 is 0 Å². The lowest BCUT2D eigenvalue weighted by molar-refractivity contribution is 0.804. The lowest BCUT2D eigenvalue weighted by Gasteiger charge is -2.11. The molecule has 4 aromatic rings. The molecule has 0 bridgehead atoms. The third kappa shape index (κ3) is 2.24. The standard InChI is InChI=1S/C19H21N5/c1-4-20-16-11-17-18(24-14(3)21-22-19(16)24)10-13(2)23(17)12-15-8-6-5-7-9-15/h5-11,20H,4,12H2,1-3H3. The van der Waals surface area contributed by atoms with Gasteiger partial charge in [0.2, 0.25) is 0 Å². The fourth-order valence-corrected chi connectivity index (χ4v) is 3.33. The van der Waals surface area contributed by atoms with Crippen LogP contribution in [0.1, 0.15) is 24.0 Å². The van der Waals surface area contributed by atoms with Gasteiger partial charge in [-0.3, -0.25) is 4.40 Å². The second-order valence-corrected chi connectivity index (χ2v) is 6.12. The van der Waals surface area contributed by atoms with Crippen molar-refractivity contribution >= 4 is 22.4 Å². The zero-order valence-electron chi connectivity index (χ0n) is 14.2. The molecule has 3 aromatic heterocycles. The zero-order valence-corrected chi connectivity index (χ0v) is 14.2. The maximum atomic E-state index is 4.35. The highest BCUT2D eigenvalue weighted by atomic mass is 15.3. The molecule has 24 heavy (non-hydrogen) atoms. The van der Waals surface area contributed by atoms with Gasteiger partial charge in [0.05, 0.1) is 16.7 Å². The fraction of sp³-hybridized carbons (Fsp3) is 0.263. The number of nitrogens with zero attached hydrogens (tertiary/aromatic N) is 4.